The minimum Gasteiger partial charge on any atom is -0.323 e. The van der Waals surface area contributed by atoms with E-state index in [1.807, 2.05) is 5.32 Å². The molecule has 0 aliphatic heterocycles. The number of amides is 1. The van der Waals surface area contributed by atoms with Gasteiger partial charge in [0.1, 0.15) is 6.42 Å². The number of halogens is 3. The molecule has 1 N–H and O–H groups in total. The smallest absolute Gasteiger partial charge is 0.238 e. The molecule has 1 aromatic rings. The van der Waals surface area contributed by atoms with Crippen molar-refractivity contribution in [1.29, 1.82) is 5.26 Å². The molecule has 0 aliphatic carbocycles. The predicted octanol–water partition coefficient (Wildman–Crippen LogP) is 1.96. The Balaban J connectivity index is 2.93. The third-order valence-corrected chi connectivity index (χ3v) is 1.55. The normalized spacial score (nSPS) is 9.47. The second-order valence-corrected chi connectivity index (χ2v) is 2.61. The van der Waals surface area contributed by atoms with Gasteiger partial charge in [-0.3, -0.25) is 4.79 Å². The molecule has 0 atom stereocenters. The van der Waals surface area contributed by atoms with Crippen molar-refractivity contribution in [3.05, 3.63) is 29.6 Å². The highest BCUT2D eigenvalue weighted by molar-refractivity contribution is 5.92. The standard InChI is InChI=1S/C9H5F3N2O/c10-5-1-2-6(9(12)8(5)11)14-7(15)3-4-13/h1-2H,3H2,(H,14,15). The summed E-state index contributed by atoms with van der Waals surface area (Å²) in [6.07, 6.45) is -0.488. The van der Waals surface area contributed by atoms with Crippen LogP contribution in [0.15, 0.2) is 12.1 Å². The molecule has 0 spiro atoms. The lowest BCUT2D eigenvalue weighted by molar-refractivity contribution is -0.115. The molecule has 0 heterocycles. The van der Waals surface area contributed by atoms with E-state index >= 15 is 0 Å². The van der Waals surface area contributed by atoms with Crippen LogP contribution in [0.4, 0.5) is 18.9 Å². The van der Waals surface area contributed by atoms with E-state index in [2.05, 4.69) is 0 Å². The van der Waals surface area contributed by atoms with Crippen LogP contribution in [0.25, 0.3) is 0 Å². The number of carbonyl (C=O) groups excluding carboxylic acids is 1. The van der Waals surface area contributed by atoms with E-state index in [-0.39, 0.29) is 0 Å². The molecule has 1 aromatic carbocycles. The van der Waals surface area contributed by atoms with Crippen LogP contribution in [-0.2, 0) is 4.79 Å². The Hall–Kier alpha value is -2.03. The number of rotatable bonds is 2. The van der Waals surface area contributed by atoms with Crippen molar-refractivity contribution in [2.45, 2.75) is 6.42 Å². The molecule has 0 saturated heterocycles. The van der Waals surface area contributed by atoms with Gasteiger partial charge in [-0.2, -0.15) is 5.26 Å². The second kappa shape index (κ2) is 4.46. The summed E-state index contributed by atoms with van der Waals surface area (Å²) in [5.74, 6) is -5.28. The molecule has 15 heavy (non-hydrogen) atoms. The highest BCUT2D eigenvalue weighted by Gasteiger charge is 2.14. The Kier molecular flexibility index (Phi) is 3.29. The molecule has 1 amide bonds. The molecule has 0 unspecified atom stereocenters. The summed E-state index contributed by atoms with van der Waals surface area (Å²) in [5, 5.41) is 10.1. The Morgan fingerprint density at radius 1 is 1.33 bits per heavy atom. The zero-order valence-electron chi connectivity index (χ0n) is 7.35. The monoisotopic (exact) mass is 214 g/mol. The van der Waals surface area contributed by atoms with Crippen molar-refractivity contribution in [2.75, 3.05) is 5.32 Å². The van der Waals surface area contributed by atoms with Crippen molar-refractivity contribution in [3.8, 4) is 6.07 Å². The lowest BCUT2D eigenvalue weighted by Gasteiger charge is -2.04. The Bertz CT molecular complexity index is 440. The van der Waals surface area contributed by atoms with E-state index < -0.39 is 35.5 Å². The Morgan fingerprint density at radius 2 is 2.00 bits per heavy atom. The fourth-order valence-electron chi connectivity index (χ4n) is 0.889. The first-order valence-corrected chi connectivity index (χ1v) is 3.86. The van der Waals surface area contributed by atoms with Gasteiger partial charge < -0.3 is 5.32 Å². The van der Waals surface area contributed by atoms with E-state index in [1.54, 1.807) is 0 Å². The van der Waals surface area contributed by atoms with Crippen LogP contribution in [0.1, 0.15) is 6.42 Å². The van der Waals surface area contributed by atoms with Crippen LogP contribution in [0.5, 0.6) is 0 Å². The van der Waals surface area contributed by atoms with Crippen LogP contribution in [0.3, 0.4) is 0 Å². The van der Waals surface area contributed by atoms with Crippen LogP contribution in [0.2, 0.25) is 0 Å². The summed E-state index contributed by atoms with van der Waals surface area (Å²) in [4.78, 5) is 10.8. The molecular weight excluding hydrogens is 209 g/mol. The van der Waals surface area contributed by atoms with Crippen molar-refractivity contribution in [1.82, 2.24) is 0 Å². The van der Waals surface area contributed by atoms with Gasteiger partial charge >= 0.3 is 0 Å². The number of carbonyl (C=O) groups is 1. The zero-order chi connectivity index (χ0) is 11.4. The van der Waals surface area contributed by atoms with E-state index in [4.69, 9.17) is 5.26 Å². The first-order chi connectivity index (χ1) is 7.06. The molecular formula is C9H5F3N2O. The molecule has 78 valence electrons. The van der Waals surface area contributed by atoms with Gasteiger partial charge in [-0.05, 0) is 12.1 Å². The molecule has 3 nitrogen and oxygen atoms in total. The fraction of sp³-hybridized carbons (Fsp3) is 0.111. The maximum absolute atomic E-state index is 13.0. The maximum Gasteiger partial charge on any atom is 0.238 e. The molecule has 0 fully saturated rings. The van der Waals surface area contributed by atoms with Gasteiger partial charge in [0.05, 0.1) is 11.8 Å². The average molecular weight is 214 g/mol. The largest absolute Gasteiger partial charge is 0.323 e. The van der Waals surface area contributed by atoms with Gasteiger partial charge in [0, 0.05) is 0 Å². The maximum atomic E-state index is 13.0. The second-order valence-electron chi connectivity index (χ2n) is 2.61. The minimum atomic E-state index is -1.66. The van der Waals surface area contributed by atoms with Crippen LogP contribution in [-0.4, -0.2) is 5.91 Å². The summed E-state index contributed by atoms with van der Waals surface area (Å²) in [5.41, 5.74) is -0.492. The van der Waals surface area contributed by atoms with Gasteiger partial charge in [0.2, 0.25) is 5.91 Å². The van der Waals surface area contributed by atoms with E-state index in [0.717, 1.165) is 6.07 Å². The number of anilines is 1. The Labute approximate surface area is 83.1 Å². The van der Waals surface area contributed by atoms with Crippen LogP contribution >= 0.6 is 0 Å². The lowest BCUT2D eigenvalue weighted by Crippen LogP contribution is -2.12. The summed E-state index contributed by atoms with van der Waals surface area (Å²) < 4.78 is 38.1. The van der Waals surface area contributed by atoms with E-state index in [9.17, 15) is 18.0 Å². The zero-order valence-corrected chi connectivity index (χ0v) is 7.35. The van der Waals surface area contributed by atoms with Gasteiger partial charge in [0.15, 0.2) is 17.5 Å². The van der Waals surface area contributed by atoms with Gasteiger partial charge in [-0.25, -0.2) is 13.2 Å². The topological polar surface area (TPSA) is 52.9 Å². The summed E-state index contributed by atoms with van der Waals surface area (Å²) in [6.45, 7) is 0. The first-order valence-electron chi connectivity index (χ1n) is 3.86. The molecule has 6 heteroatoms. The predicted molar refractivity (Wildman–Crippen MR) is 45.2 cm³/mol. The van der Waals surface area contributed by atoms with Gasteiger partial charge in [0.25, 0.3) is 0 Å². The SMILES string of the molecule is N#CCC(=O)Nc1ccc(F)c(F)c1F. The highest BCUT2D eigenvalue weighted by atomic mass is 19.2. The Morgan fingerprint density at radius 3 is 2.60 bits per heavy atom. The minimum absolute atomic E-state index is 0.488. The molecule has 1 rings (SSSR count). The van der Waals surface area contributed by atoms with Gasteiger partial charge in [-0.15, -0.1) is 0 Å². The number of nitrogens with one attached hydrogen (secondary N) is 1. The number of nitriles is 1. The quantitative estimate of drug-likeness (QED) is 0.765. The lowest BCUT2D eigenvalue weighted by atomic mass is 10.2. The van der Waals surface area contributed by atoms with Crippen molar-refractivity contribution < 1.29 is 18.0 Å². The molecule has 0 radical (unpaired) electrons. The first kappa shape index (κ1) is 11.0. The van der Waals surface area contributed by atoms with Crippen molar-refractivity contribution in [2.24, 2.45) is 0 Å². The van der Waals surface area contributed by atoms with Crippen molar-refractivity contribution >= 4 is 11.6 Å². The fourth-order valence-corrected chi connectivity index (χ4v) is 0.889. The number of hydrogen-bond acceptors (Lipinski definition) is 2. The summed E-state index contributed by atoms with van der Waals surface area (Å²) in [7, 11) is 0. The number of benzene rings is 1. The molecule has 0 bridgehead atoms. The molecule has 0 aliphatic rings. The van der Waals surface area contributed by atoms with Crippen LogP contribution < -0.4 is 5.32 Å². The number of hydrogen-bond donors (Lipinski definition) is 1. The van der Waals surface area contributed by atoms with Gasteiger partial charge in [-0.1, -0.05) is 0 Å². The summed E-state index contributed by atoms with van der Waals surface area (Å²) in [6, 6.07) is 3.09. The van der Waals surface area contributed by atoms with Crippen molar-refractivity contribution in [3.63, 3.8) is 0 Å². The highest BCUT2D eigenvalue weighted by Crippen LogP contribution is 2.19. The third kappa shape index (κ3) is 2.47. The van der Waals surface area contributed by atoms with E-state index in [0.29, 0.717) is 6.07 Å². The summed E-state index contributed by atoms with van der Waals surface area (Å²) >= 11 is 0. The number of nitrogens with zero attached hydrogens (tertiary/aromatic N) is 1. The molecule has 0 saturated carbocycles. The van der Waals surface area contributed by atoms with E-state index in [1.165, 1.54) is 6.07 Å². The molecule has 0 aromatic heterocycles. The van der Waals surface area contributed by atoms with Crippen LogP contribution in [0, 0.1) is 28.8 Å². The average Bonchev–Trinajstić information content (AvgIpc) is 2.20. The third-order valence-electron chi connectivity index (χ3n) is 1.55.